The van der Waals surface area contributed by atoms with Gasteiger partial charge < -0.3 is 14.9 Å². The van der Waals surface area contributed by atoms with Gasteiger partial charge >= 0.3 is 0 Å². The zero-order valence-electron chi connectivity index (χ0n) is 10.1. The van der Waals surface area contributed by atoms with Crippen molar-refractivity contribution in [1.29, 1.82) is 0 Å². The summed E-state index contributed by atoms with van der Waals surface area (Å²) in [4.78, 5) is 23.9. The van der Waals surface area contributed by atoms with Gasteiger partial charge in [-0.15, -0.1) is 0 Å². The van der Waals surface area contributed by atoms with E-state index < -0.39 is 0 Å². The van der Waals surface area contributed by atoms with Crippen LogP contribution < -0.4 is 5.32 Å². The molecule has 0 spiro atoms. The largest absolute Gasteiger partial charge is 0.350 e. The first-order valence-corrected chi connectivity index (χ1v) is 6.12. The number of imidazole rings is 2. The zero-order valence-corrected chi connectivity index (χ0v) is 10.1. The van der Waals surface area contributed by atoms with E-state index in [4.69, 9.17) is 0 Å². The van der Waals surface area contributed by atoms with Crippen LogP contribution >= 0.6 is 0 Å². The third-order valence-corrected chi connectivity index (χ3v) is 3.34. The number of carbonyl (C=O) groups is 1. The van der Waals surface area contributed by atoms with Gasteiger partial charge in [0.2, 0.25) is 0 Å². The molecule has 3 aromatic rings. The van der Waals surface area contributed by atoms with Gasteiger partial charge in [0.15, 0.2) is 11.6 Å². The highest BCUT2D eigenvalue weighted by molar-refractivity contribution is 6.06. The van der Waals surface area contributed by atoms with E-state index in [1.54, 1.807) is 12.4 Å². The highest BCUT2D eigenvalue weighted by Gasteiger charge is 2.22. The summed E-state index contributed by atoms with van der Waals surface area (Å²) < 4.78 is 2.04. The molecule has 0 radical (unpaired) electrons. The number of benzene rings is 1. The molecule has 19 heavy (non-hydrogen) atoms. The monoisotopic (exact) mass is 253 g/mol. The molecule has 1 amide bonds. The van der Waals surface area contributed by atoms with Crippen LogP contribution in [-0.2, 0) is 6.54 Å². The Balaban J connectivity index is 2.10. The normalized spacial score (nSPS) is 14.4. The summed E-state index contributed by atoms with van der Waals surface area (Å²) in [6, 6.07) is 5.60. The van der Waals surface area contributed by atoms with Crippen molar-refractivity contribution in [2.24, 2.45) is 0 Å². The smallest absolute Gasteiger partial charge is 0.253 e. The van der Waals surface area contributed by atoms with Crippen LogP contribution in [0.25, 0.3) is 22.7 Å². The molecular weight excluding hydrogens is 242 g/mol. The lowest BCUT2D eigenvalue weighted by molar-refractivity contribution is 0.0956. The van der Waals surface area contributed by atoms with Gasteiger partial charge in [-0.1, -0.05) is 6.07 Å². The number of nitrogens with zero attached hydrogens (tertiary/aromatic N) is 3. The van der Waals surface area contributed by atoms with E-state index >= 15 is 0 Å². The molecule has 2 aromatic heterocycles. The van der Waals surface area contributed by atoms with Crippen LogP contribution in [0.4, 0.5) is 0 Å². The van der Waals surface area contributed by atoms with E-state index in [2.05, 4.69) is 20.3 Å². The van der Waals surface area contributed by atoms with Crippen molar-refractivity contribution >= 4 is 16.9 Å². The molecule has 0 atom stereocenters. The Morgan fingerprint density at radius 3 is 3.11 bits per heavy atom. The van der Waals surface area contributed by atoms with Crippen LogP contribution in [0.5, 0.6) is 0 Å². The van der Waals surface area contributed by atoms with Crippen LogP contribution in [0, 0.1) is 0 Å². The topological polar surface area (TPSA) is 75.6 Å². The second-order valence-corrected chi connectivity index (χ2v) is 4.45. The summed E-state index contributed by atoms with van der Waals surface area (Å²) in [5.74, 6) is 1.44. The number of H-pyrrole nitrogens is 1. The molecule has 0 bridgehead atoms. The fourth-order valence-corrected chi connectivity index (χ4v) is 2.53. The third-order valence-electron chi connectivity index (χ3n) is 3.34. The number of rotatable bonds is 1. The first kappa shape index (κ1) is 10.3. The fraction of sp³-hybridized carbons (Fsp3) is 0.154. The summed E-state index contributed by atoms with van der Waals surface area (Å²) in [5.41, 5.74) is 2.37. The van der Waals surface area contributed by atoms with Crippen molar-refractivity contribution in [3.63, 3.8) is 0 Å². The minimum absolute atomic E-state index is 0.0461. The molecule has 4 rings (SSSR count). The van der Waals surface area contributed by atoms with Gasteiger partial charge in [-0.05, 0) is 12.1 Å². The Labute approximate surface area is 108 Å². The molecule has 2 N–H and O–H groups in total. The molecule has 6 nitrogen and oxygen atoms in total. The standard InChI is InChI=1S/C13H11N5O/c19-13-8-2-1-3-9-10(8)18(7-6-16-13)12(17-9)11-14-4-5-15-11/h1-5H,6-7H2,(H,14,15)(H,16,19). The number of aromatic amines is 1. The second-order valence-electron chi connectivity index (χ2n) is 4.45. The maximum Gasteiger partial charge on any atom is 0.253 e. The first-order valence-electron chi connectivity index (χ1n) is 6.12. The van der Waals surface area contributed by atoms with Gasteiger partial charge in [-0.25, -0.2) is 9.97 Å². The molecular formula is C13H11N5O. The number of hydrogen-bond acceptors (Lipinski definition) is 3. The molecule has 3 heterocycles. The highest BCUT2D eigenvalue weighted by atomic mass is 16.1. The average molecular weight is 253 g/mol. The molecule has 0 unspecified atom stereocenters. The zero-order chi connectivity index (χ0) is 12.8. The fourth-order valence-electron chi connectivity index (χ4n) is 2.53. The molecule has 1 aromatic carbocycles. The van der Waals surface area contributed by atoms with Crippen LogP contribution in [-0.4, -0.2) is 32.0 Å². The average Bonchev–Trinajstić information content (AvgIpc) is 3.01. The lowest BCUT2D eigenvalue weighted by atomic mass is 10.2. The molecule has 0 aliphatic carbocycles. The summed E-state index contributed by atoms with van der Waals surface area (Å²) in [5, 5.41) is 2.89. The number of aromatic nitrogens is 4. The Hall–Kier alpha value is -2.63. The van der Waals surface area contributed by atoms with Crippen molar-refractivity contribution in [1.82, 2.24) is 24.8 Å². The molecule has 0 saturated heterocycles. The van der Waals surface area contributed by atoms with Crippen LogP contribution in [0.2, 0.25) is 0 Å². The van der Waals surface area contributed by atoms with E-state index in [-0.39, 0.29) is 5.91 Å². The first-order chi connectivity index (χ1) is 9.34. The summed E-state index contributed by atoms with van der Waals surface area (Å²) >= 11 is 0. The van der Waals surface area contributed by atoms with E-state index in [1.807, 2.05) is 22.8 Å². The maximum atomic E-state index is 12.0. The predicted octanol–water partition coefficient (Wildman–Crippen LogP) is 1.17. The minimum atomic E-state index is -0.0461. The highest BCUT2D eigenvalue weighted by Crippen LogP contribution is 2.26. The number of amides is 1. The third kappa shape index (κ3) is 1.40. The van der Waals surface area contributed by atoms with Crippen molar-refractivity contribution in [2.45, 2.75) is 6.54 Å². The van der Waals surface area contributed by atoms with Gasteiger partial charge in [-0.3, -0.25) is 4.79 Å². The molecule has 94 valence electrons. The van der Waals surface area contributed by atoms with Gasteiger partial charge in [0, 0.05) is 25.5 Å². The lowest BCUT2D eigenvalue weighted by Gasteiger charge is -2.04. The molecule has 6 heteroatoms. The van der Waals surface area contributed by atoms with E-state index in [0.717, 1.165) is 22.7 Å². The Morgan fingerprint density at radius 1 is 1.32 bits per heavy atom. The summed E-state index contributed by atoms with van der Waals surface area (Å²) in [7, 11) is 0. The maximum absolute atomic E-state index is 12.0. The Morgan fingerprint density at radius 2 is 2.26 bits per heavy atom. The van der Waals surface area contributed by atoms with E-state index in [9.17, 15) is 4.79 Å². The Bertz CT molecular complexity index is 772. The van der Waals surface area contributed by atoms with E-state index in [1.165, 1.54) is 0 Å². The molecule has 1 aliphatic heterocycles. The van der Waals surface area contributed by atoms with Gasteiger partial charge in [0.25, 0.3) is 5.91 Å². The number of carbonyl (C=O) groups excluding carboxylic acids is 1. The number of hydrogen-bond donors (Lipinski definition) is 2. The van der Waals surface area contributed by atoms with Crippen molar-refractivity contribution < 1.29 is 4.79 Å². The van der Waals surface area contributed by atoms with E-state index in [0.29, 0.717) is 18.7 Å². The number of nitrogens with one attached hydrogen (secondary N) is 2. The van der Waals surface area contributed by atoms with Crippen LogP contribution in [0.15, 0.2) is 30.6 Å². The minimum Gasteiger partial charge on any atom is -0.350 e. The Kier molecular flexibility index (Phi) is 2.00. The van der Waals surface area contributed by atoms with Gasteiger partial charge in [0.1, 0.15) is 0 Å². The van der Waals surface area contributed by atoms with Gasteiger partial charge in [-0.2, -0.15) is 0 Å². The van der Waals surface area contributed by atoms with Crippen LogP contribution in [0.1, 0.15) is 10.4 Å². The summed E-state index contributed by atoms with van der Waals surface area (Å²) in [6.45, 7) is 1.28. The molecule has 1 aliphatic rings. The van der Waals surface area contributed by atoms with Crippen LogP contribution in [0.3, 0.4) is 0 Å². The predicted molar refractivity (Wildman–Crippen MR) is 69.6 cm³/mol. The van der Waals surface area contributed by atoms with Crippen molar-refractivity contribution in [3.8, 4) is 11.6 Å². The van der Waals surface area contributed by atoms with Crippen molar-refractivity contribution in [2.75, 3.05) is 6.54 Å². The SMILES string of the molecule is O=C1NCCn2c(-c3ncc[nH]3)nc3cccc1c32. The molecule has 0 saturated carbocycles. The lowest BCUT2D eigenvalue weighted by Crippen LogP contribution is -2.24. The number of para-hydroxylation sites is 1. The van der Waals surface area contributed by atoms with Crippen molar-refractivity contribution in [3.05, 3.63) is 36.2 Å². The summed E-state index contributed by atoms with van der Waals surface area (Å²) in [6.07, 6.45) is 3.46. The quantitative estimate of drug-likeness (QED) is 0.683. The molecule has 0 fully saturated rings. The second kappa shape index (κ2) is 3.68. The van der Waals surface area contributed by atoms with Gasteiger partial charge in [0.05, 0.1) is 16.6 Å².